The molecule has 1 aliphatic heterocycles. The molecule has 0 aliphatic carbocycles. The number of amidine groups is 1. The summed E-state index contributed by atoms with van der Waals surface area (Å²) >= 11 is 1.23. The number of carbonyl (C=O) groups is 2. The summed E-state index contributed by atoms with van der Waals surface area (Å²) in [7, 11) is 1.83. The van der Waals surface area contributed by atoms with E-state index in [0.717, 1.165) is 28.1 Å². The van der Waals surface area contributed by atoms with Gasteiger partial charge in [-0.3, -0.25) is 19.2 Å². The van der Waals surface area contributed by atoms with Crippen molar-refractivity contribution in [1.29, 1.82) is 0 Å². The van der Waals surface area contributed by atoms with E-state index in [9.17, 15) is 9.59 Å². The Morgan fingerprint density at radius 3 is 2.55 bits per heavy atom. The third kappa shape index (κ3) is 5.06. The smallest absolute Gasteiger partial charge is 0.283 e. The van der Waals surface area contributed by atoms with Gasteiger partial charge in [0, 0.05) is 24.5 Å². The van der Waals surface area contributed by atoms with Crippen LogP contribution in [-0.4, -0.2) is 32.5 Å². The number of anilines is 2. The van der Waals surface area contributed by atoms with Gasteiger partial charge in [-0.25, -0.2) is 4.99 Å². The summed E-state index contributed by atoms with van der Waals surface area (Å²) < 4.78 is 1.70. The van der Waals surface area contributed by atoms with Crippen LogP contribution in [0.1, 0.15) is 22.4 Å². The minimum Gasteiger partial charge on any atom is -0.325 e. The van der Waals surface area contributed by atoms with E-state index >= 15 is 0 Å². The topological polar surface area (TPSA) is 79.6 Å². The van der Waals surface area contributed by atoms with Crippen LogP contribution in [0.5, 0.6) is 0 Å². The number of para-hydroxylation sites is 1. The molecule has 4 rings (SSSR count). The van der Waals surface area contributed by atoms with Gasteiger partial charge >= 0.3 is 0 Å². The number of aryl methyl sites for hydroxylation is 4. The molecule has 2 heterocycles. The van der Waals surface area contributed by atoms with E-state index < -0.39 is 0 Å². The molecule has 0 unspecified atom stereocenters. The summed E-state index contributed by atoms with van der Waals surface area (Å²) in [6.45, 7) is 5.86. The van der Waals surface area contributed by atoms with Gasteiger partial charge in [0.15, 0.2) is 5.17 Å². The minimum absolute atomic E-state index is 0.127. The van der Waals surface area contributed by atoms with Crippen LogP contribution in [0.15, 0.2) is 65.4 Å². The third-order valence-electron chi connectivity index (χ3n) is 5.18. The van der Waals surface area contributed by atoms with Crippen molar-refractivity contribution in [3.8, 4) is 0 Å². The van der Waals surface area contributed by atoms with Crippen molar-refractivity contribution in [1.82, 2.24) is 9.78 Å². The number of nitrogens with one attached hydrogen (secondary N) is 1. The Hall–Kier alpha value is -3.65. The Bertz CT molecular complexity index is 1280. The number of carbonyl (C=O) groups excluding carboxylic acids is 2. The van der Waals surface area contributed by atoms with Crippen molar-refractivity contribution < 1.29 is 9.59 Å². The summed E-state index contributed by atoms with van der Waals surface area (Å²) in [4.78, 5) is 32.0. The van der Waals surface area contributed by atoms with Crippen molar-refractivity contribution in [2.75, 3.05) is 16.0 Å². The van der Waals surface area contributed by atoms with Gasteiger partial charge in [0.1, 0.15) is 5.70 Å². The molecule has 2 amide bonds. The average Bonchev–Trinajstić information content (AvgIpc) is 3.27. The molecule has 7 nitrogen and oxygen atoms in total. The molecule has 0 spiro atoms. The molecule has 3 aromatic rings. The highest BCUT2D eigenvalue weighted by Crippen LogP contribution is 2.29. The highest BCUT2D eigenvalue weighted by atomic mass is 32.2. The van der Waals surface area contributed by atoms with Gasteiger partial charge in [-0.15, -0.1) is 0 Å². The van der Waals surface area contributed by atoms with Crippen LogP contribution in [0.2, 0.25) is 0 Å². The van der Waals surface area contributed by atoms with Gasteiger partial charge in [0.2, 0.25) is 5.91 Å². The van der Waals surface area contributed by atoms with E-state index in [4.69, 9.17) is 0 Å². The fourth-order valence-corrected chi connectivity index (χ4v) is 4.39. The summed E-state index contributed by atoms with van der Waals surface area (Å²) in [5.74, 6) is -0.264. The second kappa shape index (κ2) is 9.46. The highest BCUT2D eigenvalue weighted by molar-refractivity contribution is 8.14. The van der Waals surface area contributed by atoms with Crippen LogP contribution in [0.4, 0.5) is 11.4 Å². The number of aromatic nitrogens is 2. The van der Waals surface area contributed by atoms with E-state index in [-0.39, 0.29) is 17.6 Å². The average molecular weight is 460 g/mol. The zero-order chi connectivity index (χ0) is 23.5. The molecule has 8 heteroatoms. The lowest BCUT2D eigenvalue weighted by atomic mass is 10.1. The normalized spacial score (nSPS) is 14.7. The zero-order valence-corrected chi connectivity index (χ0v) is 19.8. The van der Waals surface area contributed by atoms with Gasteiger partial charge in [-0.05, 0) is 50.6 Å². The first-order valence-corrected chi connectivity index (χ1v) is 11.5. The molecule has 0 atom stereocenters. The van der Waals surface area contributed by atoms with Crippen LogP contribution in [0.3, 0.4) is 0 Å². The Balaban J connectivity index is 1.56. The number of amides is 2. The molecule has 2 aromatic carbocycles. The zero-order valence-electron chi connectivity index (χ0n) is 19.0. The van der Waals surface area contributed by atoms with Crippen molar-refractivity contribution >= 4 is 46.2 Å². The summed E-state index contributed by atoms with van der Waals surface area (Å²) in [5, 5.41) is 7.74. The van der Waals surface area contributed by atoms with Crippen molar-refractivity contribution in [3.05, 3.63) is 82.8 Å². The molecule has 1 aromatic heterocycles. The van der Waals surface area contributed by atoms with E-state index in [0.29, 0.717) is 16.6 Å². The summed E-state index contributed by atoms with van der Waals surface area (Å²) in [6.07, 6.45) is 3.59. The lowest BCUT2D eigenvalue weighted by Crippen LogP contribution is -2.31. The lowest BCUT2D eigenvalue weighted by Gasteiger charge is -2.17. The number of rotatable bonds is 5. The SMILES string of the molecule is Cc1ccc(NC(=O)CSC2=NC(=Cc3cn(C)nc3C)C(=O)N2c2ccccc2)c(C)c1. The quantitative estimate of drug-likeness (QED) is 0.572. The van der Waals surface area contributed by atoms with Crippen molar-refractivity contribution in [3.63, 3.8) is 0 Å². The molecule has 0 radical (unpaired) electrons. The second-order valence-electron chi connectivity index (χ2n) is 7.90. The van der Waals surface area contributed by atoms with E-state index in [1.807, 2.05) is 82.5 Å². The monoisotopic (exact) mass is 459 g/mol. The number of nitrogens with zero attached hydrogens (tertiary/aromatic N) is 4. The third-order valence-corrected chi connectivity index (χ3v) is 6.11. The Morgan fingerprint density at radius 2 is 1.88 bits per heavy atom. The highest BCUT2D eigenvalue weighted by Gasteiger charge is 2.32. The maximum Gasteiger partial charge on any atom is 0.283 e. The minimum atomic E-state index is -0.234. The van der Waals surface area contributed by atoms with Gasteiger partial charge in [-0.2, -0.15) is 5.10 Å². The molecule has 33 heavy (non-hydrogen) atoms. The number of thioether (sulfide) groups is 1. The van der Waals surface area contributed by atoms with E-state index in [1.165, 1.54) is 11.8 Å². The van der Waals surface area contributed by atoms with E-state index in [1.54, 1.807) is 15.7 Å². The largest absolute Gasteiger partial charge is 0.325 e. The lowest BCUT2D eigenvalue weighted by molar-refractivity contribution is -0.114. The summed E-state index contributed by atoms with van der Waals surface area (Å²) in [6, 6.07) is 15.2. The number of hydrogen-bond donors (Lipinski definition) is 1. The molecular weight excluding hydrogens is 434 g/mol. The standard InChI is InChI=1S/C25H25N5O2S/c1-16-10-11-21(17(2)12-16)26-23(31)15-33-25-27-22(13-19-14-29(4)28-18(19)3)24(32)30(25)20-8-6-5-7-9-20/h5-14H,15H2,1-4H3,(H,26,31). The second-order valence-corrected chi connectivity index (χ2v) is 8.84. The maximum absolute atomic E-state index is 13.3. The molecule has 1 N–H and O–H groups in total. The van der Waals surface area contributed by atoms with Crippen molar-refractivity contribution in [2.45, 2.75) is 20.8 Å². The van der Waals surface area contributed by atoms with Crippen LogP contribution in [0, 0.1) is 20.8 Å². The molecule has 0 bridgehead atoms. The first-order valence-electron chi connectivity index (χ1n) is 10.5. The van der Waals surface area contributed by atoms with Gasteiger partial charge in [0.05, 0.1) is 17.1 Å². The van der Waals surface area contributed by atoms with E-state index in [2.05, 4.69) is 15.4 Å². The molecule has 1 aliphatic rings. The molecule has 0 saturated carbocycles. The number of hydrogen-bond acceptors (Lipinski definition) is 5. The molecule has 168 valence electrons. The first kappa shape index (κ1) is 22.5. The molecular formula is C25H25N5O2S. The number of aliphatic imine (C=N–C) groups is 1. The van der Waals surface area contributed by atoms with Crippen LogP contribution in [0.25, 0.3) is 6.08 Å². The number of benzene rings is 2. The van der Waals surface area contributed by atoms with Crippen LogP contribution >= 0.6 is 11.8 Å². The first-order chi connectivity index (χ1) is 15.8. The summed E-state index contributed by atoms with van der Waals surface area (Å²) in [5.41, 5.74) is 5.58. The van der Waals surface area contributed by atoms with Gasteiger partial charge < -0.3 is 5.32 Å². The van der Waals surface area contributed by atoms with Crippen LogP contribution in [-0.2, 0) is 16.6 Å². The van der Waals surface area contributed by atoms with Gasteiger partial charge in [-0.1, -0.05) is 47.7 Å². The van der Waals surface area contributed by atoms with Gasteiger partial charge in [0.25, 0.3) is 5.91 Å². The Morgan fingerprint density at radius 1 is 1.12 bits per heavy atom. The fourth-order valence-electron chi connectivity index (χ4n) is 3.58. The Kier molecular flexibility index (Phi) is 6.46. The molecule has 0 saturated heterocycles. The fraction of sp³-hybridized carbons (Fsp3) is 0.200. The predicted molar refractivity (Wildman–Crippen MR) is 134 cm³/mol. The van der Waals surface area contributed by atoms with Crippen LogP contribution < -0.4 is 10.2 Å². The van der Waals surface area contributed by atoms with Crippen molar-refractivity contribution in [2.24, 2.45) is 12.0 Å². The molecule has 0 fully saturated rings. The maximum atomic E-state index is 13.3. The predicted octanol–water partition coefficient (Wildman–Crippen LogP) is 4.46. The Labute approximate surface area is 197 Å².